The number of H-pyrrole nitrogens is 1. The van der Waals surface area contributed by atoms with Crippen molar-refractivity contribution in [2.75, 3.05) is 12.0 Å². The van der Waals surface area contributed by atoms with Crippen molar-refractivity contribution < 1.29 is 19.4 Å². The molecule has 1 aliphatic heterocycles. The van der Waals surface area contributed by atoms with Crippen LogP contribution < -0.4 is 9.64 Å². The number of aryl methyl sites for hydroxylation is 2. The highest BCUT2D eigenvalue weighted by Gasteiger charge is 2.48. The van der Waals surface area contributed by atoms with Crippen LogP contribution in [0.25, 0.3) is 16.7 Å². The molecule has 2 N–H and O–H groups in total. The number of amides is 1. The zero-order valence-electron chi connectivity index (χ0n) is 19.4. The molecule has 1 atom stereocenters. The summed E-state index contributed by atoms with van der Waals surface area (Å²) in [4.78, 5) is 31.8. The summed E-state index contributed by atoms with van der Waals surface area (Å²) in [6, 6.07) is 18.9. The lowest BCUT2D eigenvalue weighted by molar-refractivity contribution is -0.132. The quantitative estimate of drug-likeness (QED) is 0.208. The Balaban J connectivity index is 1.84. The number of anilines is 1. The maximum Gasteiger partial charge on any atom is 0.300 e. The molecule has 1 aliphatic rings. The van der Waals surface area contributed by atoms with Crippen molar-refractivity contribution in [3.8, 4) is 5.75 Å². The van der Waals surface area contributed by atoms with Gasteiger partial charge in [0.1, 0.15) is 11.5 Å². The summed E-state index contributed by atoms with van der Waals surface area (Å²) in [5.41, 5.74) is 4.13. The number of hydrogen-bond donors (Lipinski definition) is 2. The monoisotopic (exact) mass is 486 g/mol. The van der Waals surface area contributed by atoms with Gasteiger partial charge in [0.25, 0.3) is 11.7 Å². The molecule has 0 aliphatic carbocycles. The van der Waals surface area contributed by atoms with Crippen LogP contribution in [0.5, 0.6) is 5.75 Å². The summed E-state index contributed by atoms with van der Waals surface area (Å²) in [7, 11) is 1.50. The van der Waals surface area contributed by atoms with Crippen molar-refractivity contribution in [1.82, 2.24) is 4.98 Å². The second kappa shape index (κ2) is 8.64. The number of ether oxygens (including phenoxy) is 1. The fourth-order valence-corrected chi connectivity index (χ4v) is 4.90. The van der Waals surface area contributed by atoms with Crippen molar-refractivity contribution >= 4 is 45.6 Å². The Bertz CT molecular complexity index is 1520. The molecular formula is C28H23ClN2O4. The summed E-state index contributed by atoms with van der Waals surface area (Å²) in [6.45, 7) is 3.77. The van der Waals surface area contributed by atoms with Gasteiger partial charge in [0.05, 0.1) is 24.3 Å². The molecule has 5 rings (SSSR count). The number of carbonyl (C=O) groups is 2. The second-order valence-electron chi connectivity index (χ2n) is 8.56. The Hall–Kier alpha value is -4.03. The van der Waals surface area contributed by atoms with Crippen LogP contribution in [0.15, 0.2) is 72.3 Å². The first-order valence-electron chi connectivity index (χ1n) is 11.1. The number of benzene rings is 3. The Labute approximate surface area is 207 Å². The predicted molar refractivity (Wildman–Crippen MR) is 137 cm³/mol. The number of aromatic amines is 1. The number of ketones is 1. The lowest BCUT2D eigenvalue weighted by atomic mass is 9.92. The van der Waals surface area contributed by atoms with Crippen molar-refractivity contribution in [3.63, 3.8) is 0 Å². The summed E-state index contributed by atoms with van der Waals surface area (Å²) < 4.78 is 5.46. The Kier molecular flexibility index (Phi) is 5.61. The fraction of sp³-hybridized carbons (Fsp3) is 0.143. The lowest BCUT2D eigenvalue weighted by Crippen LogP contribution is -2.29. The van der Waals surface area contributed by atoms with Gasteiger partial charge >= 0.3 is 0 Å². The molecule has 0 saturated carbocycles. The van der Waals surface area contributed by atoms with E-state index in [1.54, 1.807) is 36.4 Å². The molecule has 1 unspecified atom stereocenters. The van der Waals surface area contributed by atoms with Crippen molar-refractivity contribution in [2.45, 2.75) is 19.9 Å². The number of nitrogens with one attached hydrogen (secondary N) is 1. The van der Waals surface area contributed by atoms with Crippen LogP contribution in [0.4, 0.5) is 5.69 Å². The number of rotatable bonds is 4. The zero-order chi connectivity index (χ0) is 24.9. The number of carbonyl (C=O) groups excluding carboxylic acids is 2. The smallest absolute Gasteiger partial charge is 0.300 e. The first kappa shape index (κ1) is 22.7. The van der Waals surface area contributed by atoms with Crippen molar-refractivity contribution in [1.29, 1.82) is 0 Å². The van der Waals surface area contributed by atoms with Gasteiger partial charge in [-0.05, 0) is 56.3 Å². The van der Waals surface area contributed by atoms with Gasteiger partial charge in [-0.15, -0.1) is 0 Å². The van der Waals surface area contributed by atoms with Gasteiger partial charge in [-0.2, -0.15) is 0 Å². The van der Waals surface area contributed by atoms with Gasteiger partial charge in [0.2, 0.25) is 0 Å². The molecule has 1 amide bonds. The van der Waals surface area contributed by atoms with Gasteiger partial charge in [-0.25, -0.2) is 0 Å². The molecule has 0 radical (unpaired) electrons. The topological polar surface area (TPSA) is 82.6 Å². The molecule has 1 aromatic heterocycles. The standard InChI is InChI=1S/C28H23ClN2O4/c1-15-8-13-22(35-3)20(14-15)26(32)24-25(23-16(2)30-21-7-5-4-6-19(21)23)31(28(34)27(24)33)18-11-9-17(29)10-12-18/h4-14,25,30,32H,1-3H3/b26-24+. The maximum atomic E-state index is 13.5. The fourth-order valence-electron chi connectivity index (χ4n) is 4.78. The molecule has 3 aromatic carbocycles. The molecule has 2 heterocycles. The van der Waals surface area contributed by atoms with E-state index in [0.717, 1.165) is 27.7 Å². The molecule has 0 bridgehead atoms. The number of hydrogen-bond acceptors (Lipinski definition) is 4. The molecule has 176 valence electrons. The second-order valence-corrected chi connectivity index (χ2v) is 8.99. The molecule has 0 spiro atoms. The minimum atomic E-state index is -0.863. The van der Waals surface area contributed by atoms with Gasteiger partial charge in [0, 0.05) is 32.9 Å². The molecule has 7 heteroatoms. The van der Waals surface area contributed by atoms with E-state index in [4.69, 9.17) is 16.3 Å². The third-order valence-corrected chi connectivity index (χ3v) is 6.63. The van der Waals surface area contributed by atoms with Crippen molar-refractivity contribution in [2.24, 2.45) is 0 Å². The molecular weight excluding hydrogens is 464 g/mol. The van der Waals surface area contributed by atoms with E-state index >= 15 is 0 Å². The summed E-state index contributed by atoms with van der Waals surface area (Å²) in [6.07, 6.45) is 0. The Morgan fingerprint density at radius 2 is 1.74 bits per heavy atom. The third kappa shape index (κ3) is 3.67. The largest absolute Gasteiger partial charge is 0.507 e. The van der Waals surface area contributed by atoms with Crippen LogP contribution >= 0.6 is 11.6 Å². The van der Waals surface area contributed by atoms with E-state index in [1.807, 2.05) is 44.2 Å². The first-order valence-corrected chi connectivity index (χ1v) is 11.5. The highest BCUT2D eigenvalue weighted by molar-refractivity contribution is 6.52. The van der Waals surface area contributed by atoms with E-state index in [2.05, 4.69) is 4.98 Å². The molecule has 1 fully saturated rings. The van der Waals surface area contributed by atoms with E-state index < -0.39 is 17.7 Å². The average Bonchev–Trinajstić information content (AvgIpc) is 3.31. The van der Waals surface area contributed by atoms with Crippen LogP contribution in [0, 0.1) is 13.8 Å². The van der Waals surface area contributed by atoms with E-state index in [0.29, 0.717) is 22.0 Å². The number of aromatic nitrogens is 1. The lowest BCUT2D eigenvalue weighted by Gasteiger charge is -2.26. The Morgan fingerprint density at radius 1 is 1.03 bits per heavy atom. The highest BCUT2D eigenvalue weighted by Crippen LogP contribution is 2.46. The van der Waals surface area contributed by atoms with Crippen LogP contribution in [0.3, 0.4) is 0 Å². The minimum Gasteiger partial charge on any atom is -0.507 e. The van der Waals surface area contributed by atoms with Gasteiger partial charge < -0.3 is 14.8 Å². The van der Waals surface area contributed by atoms with Gasteiger partial charge in [0.15, 0.2) is 0 Å². The number of nitrogens with zero attached hydrogens (tertiary/aromatic N) is 1. The summed E-state index contributed by atoms with van der Waals surface area (Å²) >= 11 is 6.09. The molecule has 35 heavy (non-hydrogen) atoms. The van der Waals surface area contributed by atoms with Crippen LogP contribution in [0.1, 0.15) is 28.4 Å². The van der Waals surface area contributed by atoms with Crippen LogP contribution in [0.2, 0.25) is 5.02 Å². The Morgan fingerprint density at radius 3 is 2.46 bits per heavy atom. The highest BCUT2D eigenvalue weighted by atomic mass is 35.5. The van der Waals surface area contributed by atoms with E-state index in [9.17, 15) is 14.7 Å². The van der Waals surface area contributed by atoms with Gasteiger partial charge in [-0.1, -0.05) is 41.4 Å². The SMILES string of the molecule is COc1ccc(C)cc1/C(O)=C1\C(=O)C(=O)N(c2ccc(Cl)cc2)C1c1c(C)[nH]c2ccccc12. The predicted octanol–water partition coefficient (Wildman–Crippen LogP) is 6.07. The summed E-state index contributed by atoms with van der Waals surface area (Å²) in [5, 5.41) is 12.9. The number of Topliss-reactive ketones (excluding diaryl/α,β-unsaturated/α-hetero) is 1. The number of para-hydroxylation sites is 1. The number of aliphatic hydroxyl groups is 1. The number of halogens is 1. The van der Waals surface area contributed by atoms with Crippen LogP contribution in [-0.2, 0) is 9.59 Å². The van der Waals surface area contributed by atoms with E-state index in [-0.39, 0.29) is 11.3 Å². The van der Waals surface area contributed by atoms with Crippen LogP contribution in [-0.4, -0.2) is 28.9 Å². The number of fused-ring (bicyclic) bond motifs is 1. The molecule has 1 saturated heterocycles. The third-order valence-electron chi connectivity index (χ3n) is 6.38. The average molecular weight is 487 g/mol. The first-order chi connectivity index (χ1) is 16.8. The normalized spacial score (nSPS) is 17.4. The van der Waals surface area contributed by atoms with Crippen molar-refractivity contribution in [3.05, 3.63) is 99.7 Å². The molecule has 4 aromatic rings. The molecule has 6 nitrogen and oxygen atoms in total. The minimum absolute atomic E-state index is 0.00158. The maximum absolute atomic E-state index is 13.5. The van der Waals surface area contributed by atoms with Gasteiger partial charge in [-0.3, -0.25) is 14.5 Å². The summed E-state index contributed by atoms with van der Waals surface area (Å²) in [5.74, 6) is -1.37. The number of aliphatic hydroxyl groups excluding tert-OH is 1. The zero-order valence-corrected chi connectivity index (χ0v) is 20.2. The van der Waals surface area contributed by atoms with E-state index in [1.165, 1.54) is 12.0 Å². The number of methoxy groups -OCH3 is 1.